The van der Waals surface area contributed by atoms with Gasteiger partial charge in [0.15, 0.2) is 0 Å². The number of nitro benzene ring substituents is 6. The summed E-state index contributed by atoms with van der Waals surface area (Å²) in [5.74, 6) is 5.07. The molecule has 50 heteroatoms. The van der Waals surface area contributed by atoms with Crippen LogP contribution in [0.2, 0.25) is 10.0 Å². The molecule has 0 bridgehead atoms. The number of nitrogens with one attached hydrogen (secondary N) is 6. The van der Waals surface area contributed by atoms with Gasteiger partial charge in [-0.1, -0.05) is 34.4 Å². The third kappa shape index (κ3) is 27.1. The van der Waals surface area contributed by atoms with E-state index in [1.165, 1.54) is 71.7 Å². The number of aryl methyl sites for hydroxylation is 12. The van der Waals surface area contributed by atoms with Crippen LogP contribution in [0, 0.1) is 179 Å². The normalized spacial score (nSPS) is 9.84. The van der Waals surface area contributed by atoms with Gasteiger partial charge in [0.2, 0.25) is 0 Å². The molecule has 129 heavy (non-hydrogen) atoms. The summed E-state index contributed by atoms with van der Waals surface area (Å²) in [7, 11) is -0.0315. The van der Waals surface area contributed by atoms with Crippen LogP contribution in [-0.4, -0.2) is 112 Å². The van der Waals surface area contributed by atoms with Crippen molar-refractivity contribution in [2.24, 2.45) is 10.2 Å². The van der Waals surface area contributed by atoms with Crippen molar-refractivity contribution in [3.63, 3.8) is 0 Å². The second kappa shape index (κ2) is 49.1. The number of benzene rings is 9. The van der Waals surface area contributed by atoms with Crippen LogP contribution in [0.3, 0.4) is 0 Å². The number of nitrogen functional groups attached to an aromatic ring is 4. The van der Waals surface area contributed by atoms with Crippen LogP contribution in [0.1, 0.15) is 89.0 Å². The molecule has 0 radical (unpaired) electrons. The number of aromatic nitrogens is 15. The van der Waals surface area contributed by atoms with E-state index in [0.29, 0.717) is 99.4 Å². The Kier molecular flexibility index (Phi) is 40.9. The second-order valence-corrected chi connectivity index (χ2v) is 28.2. The van der Waals surface area contributed by atoms with Gasteiger partial charge in [0.25, 0.3) is 28.4 Å². The molecule has 0 saturated heterocycles. The number of halogens is 6. The number of nitrogens with two attached hydrogens (primary N) is 4. The van der Waals surface area contributed by atoms with Gasteiger partial charge >= 0.3 is 111 Å². The third-order valence-electron chi connectivity index (χ3n) is 19.0. The molecule has 7 heterocycles. The molecule has 0 fully saturated rings. The fourth-order valence-corrected chi connectivity index (χ4v) is 13.3. The van der Waals surface area contributed by atoms with E-state index >= 15 is 0 Å². The number of azide groups is 1. The first-order valence-corrected chi connectivity index (χ1v) is 37.3. The van der Waals surface area contributed by atoms with Crippen LogP contribution >= 0.6 is 23.2 Å². The Morgan fingerprint density at radius 3 is 1.19 bits per heavy atom. The quantitative estimate of drug-likeness (QED) is 0.00645. The SMILES string of the molecule is Cc1c(N)ccc2[nH]cnc12.Cc1c([N+](=O)[O-])c(N)cc2[nH]cnc12.Cc1c([N+](=O)[O-])c(N=[N+]=BF)cc2[nH]cnc12.Cc1c([N+](=O)[O-])ccc2[nH]cnc12.Cc1cc(C)cc(Cl)c1.Cc1cc(Cl)c(C)c(C)c1[N+](=O)[O-].Cc1cc(N=[N+]=[N-])c(C)c(C)c1[N+](=O)[O-].Cc1cc2[nH]cnc2c(C)c1N.Cc1cc2[nH]cnc2c(C)c1[N+](=O)[O-].FF.Nn1cnnc1.[CH3-].[Cu+].[F-]. The number of fused-ring (bicyclic) bond motifs is 6. The zero-order chi connectivity index (χ0) is 94.0. The fourth-order valence-electron chi connectivity index (χ4n) is 12.6. The van der Waals surface area contributed by atoms with E-state index in [4.69, 9.17) is 60.9 Å². The Balaban J connectivity index is 0.000000370. The molecule has 0 aliphatic heterocycles. The molecular weight excluding hydrogens is 1780 g/mol. The molecule has 0 atom stereocenters. The summed E-state index contributed by atoms with van der Waals surface area (Å²) in [5.41, 5.74) is 49.4. The summed E-state index contributed by atoms with van der Waals surface area (Å²) < 4.78 is 32.1. The van der Waals surface area contributed by atoms with E-state index in [2.05, 4.69) is 95.9 Å². The van der Waals surface area contributed by atoms with E-state index in [9.17, 15) is 65.0 Å². The van der Waals surface area contributed by atoms with E-state index in [0.717, 1.165) is 71.8 Å². The topological polar surface area (TPSA) is 641 Å². The third-order valence-corrected chi connectivity index (χ3v) is 19.6. The zero-order valence-corrected chi connectivity index (χ0v) is 74.4. The molecule has 0 spiro atoms. The molecule has 0 amide bonds. The maximum atomic E-state index is 11.8. The molecule has 0 unspecified atom stereocenters. The van der Waals surface area contributed by atoms with Crippen LogP contribution in [0.4, 0.5) is 76.0 Å². The minimum atomic E-state index is -0.587. The minimum Gasteiger partial charge on any atom is -1.00 e. The van der Waals surface area contributed by atoms with Crippen LogP contribution in [0.15, 0.2) is 140 Å². The predicted molar refractivity (Wildman–Crippen MR) is 484 cm³/mol. The molecule has 0 aliphatic rings. The molecule has 16 rings (SSSR count). The molecule has 16 aromatic rings. The maximum Gasteiger partial charge on any atom is 1.00 e. The molecule has 14 N–H and O–H groups in total. The monoisotopic (exact) mass is 1870 g/mol. The molecular formula is C79H86BCl2CuF4N30O12. The number of anilines is 3. The molecule has 680 valence electrons. The Labute approximate surface area is 750 Å². The first-order chi connectivity index (χ1) is 59.6. The van der Waals surface area contributed by atoms with Crippen molar-refractivity contribution in [1.82, 2.24) is 79.4 Å². The summed E-state index contributed by atoms with van der Waals surface area (Å²) in [6.45, 7) is 28.5. The number of imidazole rings is 6. The Morgan fingerprint density at radius 1 is 0.411 bits per heavy atom. The van der Waals surface area contributed by atoms with Crippen LogP contribution in [-0.2, 0) is 17.1 Å². The van der Waals surface area contributed by atoms with Crippen LogP contribution < -0.4 is 32.4 Å². The van der Waals surface area contributed by atoms with Gasteiger partial charge in [-0.3, -0.25) is 50.6 Å². The van der Waals surface area contributed by atoms with Crippen molar-refractivity contribution in [2.75, 3.05) is 23.0 Å². The summed E-state index contributed by atoms with van der Waals surface area (Å²) in [6, 6.07) is 22.8. The van der Waals surface area contributed by atoms with E-state index < -0.39 is 19.7 Å². The van der Waals surface area contributed by atoms with Gasteiger partial charge in [-0.2, -0.15) is 0 Å². The Bertz CT molecular complexity index is 6690. The fraction of sp³-hybridized carbons (Fsp3) is 0.203. The first-order valence-electron chi connectivity index (χ1n) is 36.6. The molecule has 0 aliphatic carbocycles. The van der Waals surface area contributed by atoms with Gasteiger partial charge in [-0.25, -0.2) is 29.6 Å². The van der Waals surface area contributed by atoms with E-state index in [-0.39, 0.29) is 91.9 Å². The van der Waals surface area contributed by atoms with Crippen molar-refractivity contribution in [3.8, 4) is 0 Å². The number of H-pyrrole nitrogens is 6. The van der Waals surface area contributed by atoms with Gasteiger partial charge in [0.1, 0.15) is 18.3 Å². The van der Waals surface area contributed by atoms with Crippen molar-refractivity contribution in [1.29, 1.82) is 0 Å². The van der Waals surface area contributed by atoms with Gasteiger partial charge in [0, 0.05) is 80.6 Å². The minimum absolute atomic E-state index is 0. The summed E-state index contributed by atoms with van der Waals surface area (Å²) in [6.07, 6.45) is 12.2. The standard InChI is InChI=1S/C9H10ClNO2.C9H10N4O2.C9H9N3O2.C9H11N3.C8H5BFN5O2.C8H9Cl.C8H8N4O2.C8H7N3O2.C8H9N3.C2H4N4.CH3.Cu.F2.FH/c1-5-4-8(10)6(2)7(3)9(5)11(12)13;1-5-4-8(11-12-10)6(2)7(3)9(5)13(14)15;1-5-3-7-8(11-4-10-7)6(2)9(5)12(13)14;1-5-3-7-9(12-4-11-7)6(2)8(5)10;1-4-7-5(11-3-12-7)2-6(13-14-9-10)8(4)15(16)17;1-6-3-7(2)5-8(9)4-6;1-4-7-6(10-3-11-7)2-5(9)8(4)12(13)14;1-5-7(11(12)13)3-2-6-8(5)10-4-9-6;1-5-6(9)2-3-7-8(5)11-4-10-7;3-6-1-4-5-2-6;;;1-2;/h4H,1-3H3;4H,1-3H3;3-4H,1-2H3,(H,10,11);3-4H,10H2,1-2H3,(H,11,12);2-3H,1H3;3-5H,1-2H3;2-3H,9H2,1H3,(H,10,11);2-4H,1H3,(H,9,10);2-4H,9H2,1H3,(H,10,11);1-2H,3H2;1H3;;;1H/q;;;;;;;;;;-1;+1;;. The predicted octanol–water partition coefficient (Wildman–Crippen LogP) is 17.0. The van der Waals surface area contributed by atoms with Crippen molar-refractivity contribution in [2.45, 2.75) is 111 Å². The summed E-state index contributed by atoms with van der Waals surface area (Å²) in [5, 5.41) is 79.6. The van der Waals surface area contributed by atoms with E-state index in [1.807, 2.05) is 65.0 Å². The zero-order valence-electron chi connectivity index (χ0n) is 71.9. The largest absolute Gasteiger partial charge is 1.00 e. The van der Waals surface area contributed by atoms with Crippen molar-refractivity contribution in [3.05, 3.63) is 307 Å². The molecule has 7 aromatic heterocycles. The number of rotatable bonds is 8. The van der Waals surface area contributed by atoms with Crippen molar-refractivity contribution < 1.29 is 64.8 Å². The van der Waals surface area contributed by atoms with Crippen LogP contribution in [0.25, 0.3) is 76.6 Å². The van der Waals surface area contributed by atoms with Crippen LogP contribution in [0.5, 0.6) is 0 Å². The average molecular weight is 1870 g/mol. The first kappa shape index (κ1) is 107. The van der Waals surface area contributed by atoms with Crippen molar-refractivity contribution >= 4 is 159 Å². The smallest absolute Gasteiger partial charge is 1.00 e. The average Bonchev–Trinajstić information content (AvgIpc) is 1.68. The summed E-state index contributed by atoms with van der Waals surface area (Å²) >= 11 is 11.6. The van der Waals surface area contributed by atoms with Gasteiger partial charge in [-0.15, -0.1) is 10.2 Å². The number of aromatic amines is 6. The summed E-state index contributed by atoms with van der Waals surface area (Å²) in [4.78, 5) is 106. The molecule has 0 saturated carbocycles. The molecule has 42 nitrogen and oxygen atoms in total. The van der Waals surface area contributed by atoms with Gasteiger partial charge < -0.3 is 60.1 Å². The van der Waals surface area contributed by atoms with Gasteiger partial charge in [-0.05, 0) is 203 Å². The Hall–Kier alpha value is -15.8. The molecule has 9 aromatic carbocycles. The number of nitro groups is 6. The Morgan fingerprint density at radius 2 is 0.775 bits per heavy atom. The maximum absolute atomic E-state index is 11.8. The van der Waals surface area contributed by atoms with Gasteiger partial charge in [0.05, 0.1) is 128 Å². The second-order valence-electron chi connectivity index (χ2n) is 27.3. The van der Waals surface area contributed by atoms with E-state index in [1.54, 1.807) is 113 Å². The number of hydrogen-bond donors (Lipinski definition) is 10. The number of nitrogens with zero attached hydrogens (tertiary/aromatic N) is 20. The number of hydrogen-bond acceptors (Lipinski definition) is 26.